The molecule has 2 aliphatic heterocycles. The lowest BCUT2D eigenvalue weighted by atomic mass is 9.53. The van der Waals surface area contributed by atoms with Gasteiger partial charge in [-0.25, -0.2) is 0 Å². The van der Waals surface area contributed by atoms with E-state index in [1.807, 2.05) is 25.1 Å². The molecule has 0 amide bonds. The Bertz CT molecular complexity index is 973. The van der Waals surface area contributed by atoms with Crippen LogP contribution in [-0.4, -0.2) is 16.6 Å². The maximum atomic E-state index is 11.2. The van der Waals surface area contributed by atoms with Crippen molar-refractivity contribution in [3.8, 4) is 18.2 Å². The second-order valence-electron chi connectivity index (χ2n) is 7.09. The van der Waals surface area contributed by atoms with E-state index < -0.39 is 39.5 Å². The zero-order chi connectivity index (χ0) is 20.7. The summed E-state index contributed by atoms with van der Waals surface area (Å²) in [5, 5.41) is 49.8. The Kier molecular flexibility index (Phi) is 4.34. The molecule has 28 heavy (non-hydrogen) atoms. The normalized spacial score (nSPS) is 32.5. The van der Waals surface area contributed by atoms with Crippen molar-refractivity contribution in [1.29, 1.82) is 21.2 Å². The van der Waals surface area contributed by atoms with Crippen molar-refractivity contribution in [2.24, 2.45) is 16.7 Å². The van der Waals surface area contributed by atoms with Gasteiger partial charge in [0.15, 0.2) is 5.41 Å². The first-order valence-electron chi connectivity index (χ1n) is 8.70. The number of benzene rings is 1. The lowest BCUT2D eigenvalue weighted by Crippen LogP contribution is -2.58. The van der Waals surface area contributed by atoms with Gasteiger partial charge in [-0.15, -0.1) is 0 Å². The van der Waals surface area contributed by atoms with Crippen LogP contribution in [0.1, 0.15) is 38.4 Å². The molecule has 2 bridgehead atoms. The number of ether oxygens (including phenoxy) is 2. The van der Waals surface area contributed by atoms with E-state index >= 15 is 0 Å². The average molecular weight is 379 g/mol. The average Bonchev–Trinajstić information content (AvgIpc) is 2.85. The zero-order valence-corrected chi connectivity index (χ0v) is 15.3. The van der Waals surface area contributed by atoms with Crippen LogP contribution in [0.2, 0.25) is 0 Å². The first-order chi connectivity index (χ1) is 13.3. The molecule has 142 valence electrons. The molecule has 2 fully saturated rings. The third-order valence-electron chi connectivity index (χ3n) is 5.68. The van der Waals surface area contributed by atoms with Gasteiger partial charge in [0, 0.05) is 19.1 Å². The summed E-state index contributed by atoms with van der Waals surface area (Å²) in [6.07, 6.45) is -0.278. The second-order valence-corrected chi connectivity index (χ2v) is 7.09. The minimum Gasteiger partial charge on any atom is -0.448 e. The standard InChI is InChI=1S/C19H17N5O4/c1-3-5-14-17(2)27-15(12-6-4-7-13(8-12)24(25)26)18(9-20,10-21)19(14,11-22)16(23)28-17/h4,6-8,14-15,23H,3,5H2,1-2H3. The van der Waals surface area contributed by atoms with Crippen LogP contribution in [0.4, 0.5) is 5.69 Å². The maximum Gasteiger partial charge on any atom is 0.269 e. The molecule has 4 unspecified atom stereocenters. The fraction of sp³-hybridized carbons (Fsp3) is 0.474. The number of nitriles is 3. The highest BCUT2D eigenvalue weighted by molar-refractivity contribution is 5.89. The van der Waals surface area contributed by atoms with Crippen LogP contribution in [0.5, 0.6) is 0 Å². The summed E-state index contributed by atoms with van der Waals surface area (Å²) >= 11 is 0. The predicted molar refractivity (Wildman–Crippen MR) is 94.2 cm³/mol. The van der Waals surface area contributed by atoms with Crippen molar-refractivity contribution in [3.05, 3.63) is 39.9 Å². The summed E-state index contributed by atoms with van der Waals surface area (Å²) in [5.41, 5.74) is -3.99. The van der Waals surface area contributed by atoms with Gasteiger partial charge in [-0.3, -0.25) is 15.5 Å². The number of hydrogen-bond acceptors (Lipinski definition) is 8. The maximum absolute atomic E-state index is 11.2. The Balaban J connectivity index is 2.31. The second kappa shape index (κ2) is 6.30. The zero-order valence-electron chi connectivity index (χ0n) is 15.3. The molecule has 3 rings (SSSR count). The van der Waals surface area contributed by atoms with E-state index in [9.17, 15) is 25.9 Å². The Labute approximate surface area is 161 Å². The Morgan fingerprint density at radius 3 is 2.50 bits per heavy atom. The molecule has 1 N–H and O–H groups in total. The molecule has 0 spiro atoms. The van der Waals surface area contributed by atoms with E-state index in [0.29, 0.717) is 12.8 Å². The summed E-state index contributed by atoms with van der Waals surface area (Å²) in [6.45, 7) is 3.45. The van der Waals surface area contributed by atoms with Gasteiger partial charge in [-0.1, -0.05) is 25.5 Å². The third-order valence-corrected chi connectivity index (χ3v) is 5.68. The molecule has 1 aromatic carbocycles. The van der Waals surface area contributed by atoms with Crippen LogP contribution in [0, 0.1) is 66.3 Å². The quantitative estimate of drug-likeness (QED) is 0.620. The van der Waals surface area contributed by atoms with E-state index in [4.69, 9.17) is 14.9 Å². The Morgan fingerprint density at radius 1 is 1.29 bits per heavy atom. The first-order valence-corrected chi connectivity index (χ1v) is 8.70. The molecule has 0 radical (unpaired) electrons. The van der Waals surface area contributed by atoms with E-state index in [-0.39, 0.29) is 11.3 Å². The predicted octanol–water partition coefficient (Wildman–Crippen LogP) is 3.35. The summed E-state index contributed by atoms with van der Waals surface area (Å²) in [7, 11) is 0. The van der Waals surface area contributed by atoms with Crippen LogP contribution in [0.3, 0.4) is 0 Å². The van der Waals surface area contributed by atoms with Crippen molar-refractivity contribution in [1.82, 2.24) is 0 Å². The molecule has 0 aromatic heterocycles. The molecule has 1 aromatic rings. The number of non-ortho nitro benzene ring substituents is 1. The Morgan fingerprint density at radius 2 is 1.96 bits per heavy atom. The van der Waals surface area contributed by atoms with Crippen LogP contribution in [0.15, 0.2) is 24.3 Å². The highest BCUT2D eigenvalue weighted by atomic mass is 16.7. The van der Waals surface area contributed by atoms with Gasteiger partial charge in [0.05, 0.1) is 29.0 Å². The van der Waals surface area contributed by atoms with Gasteiger partial charge in [0.1, 0.15) is 6.10 Å². The fourth-order valence-electron chi connectivity index (χ4n) is 4.42. The highest BCUT2D eigenvalue weighted by Gasteiger charge is 2.79. The Hall–Kier alpha value is -3.48. The van der Waals surface area contributed by atoms with E-state index in [0.717, 1.165) is 0 Å². The monoisotopic (exact) mass is 379 g/mol. The van der Waals surface area contributed by atoms with E-state index in [1.165, 1.54) is 24.3 Å². The van der Waals surface area contributed by atoms with Crippen molar-refractivity contribution in [2.45, 2.75) is 38.6 Å². The number of nitro benzene ring substituents is 1. The number of hydrogen-bond donors (Lipinski definition) is 1. The SMILES string of the molecule is CCCC1C2(C)OC(=N)C1(C#N)C(C#N)(C#N)C(c1cccc([N+](=O)[O-])c1)O2. The highest BCUT2D eigenvalue weighted by Crippen LogP contribution is 2.67. The molecule has 9 nitrogen and oxygen atoms in total. The van der Waals surface area contributed by atoms with E-state index in [1.54, 1.807) is 6.92 Å². The van der Waals surface area contributed by atoms with Crippen molar-refractivity contribution in [2.75, 3.05) is 0 Å². The minimum absolute atomic E-state index is 0.205. The molecular formula is C19H17N5O4. The number of rotatable bonds is 4. The number of nitro groups is 1. The van der Waals surface area contributed by atoms with Gasteiger partial charge in [-0.05, 0) is 12.0 Å². The molecule has 0 saturated carbocycles. The molecular weight excluding hydrogens is 362 g/mol. The van der Waals surface area contributed by atoms with Gasteiger partial charge >= 0.3 is 0 Å². The lowest BCUT2D eigenvalue weighted by molar-refractivity contribution is -0.385. The summed E-state index contributed by atoms with van der Waals surface area (Å²) < 4.78 is 11.7. The molecule has 2 heterocycles. The van der Waals surface area contributed by atoms with Crippen LogP contribution in [-0.2, 0) is 9.47 Å². The third kappa shape index (κ3) is 2.16. The smallest absolute Gasteiger partial charge is 0.269 e. The van der Waals surface area contributed by atoms with Gasteiger partial charge in [0.2, 0.25) is 17.1 Å². The minimum atomic E-state index is -2.11. The van der Waals surface area contributed by atoms with Crippen molar-refractivity contribution >= 4 is 11.6 Å². The topological polar surface area (TPSA) is 157 Å². The molecule has 2 saturated heterocycles. The number of fused-ring (bicyclic) bond motifs is 2. The van der Waals surface area contributed by atoms with Crippen LogP contribution >= 0.6 is 0 Å². The van der Waals surface area contributed by atoms with Gasteiger partial charge < -0.3 is 9.47 Å². The van der Waals surface area contributed by atoms with Crippen molar-refractivity contribution < 1.29 is 14.4 Å². The van der Waals surface area contributed by atoms with Gasteiger partial charge in [0.25, 0.3) is 5.69 Å². The number of nitrogens with one attached hydrogen (secondary N) is 1. The van der Waals surface area contributed by atoms with Crippen LogP contribution in [0.25, 0.3) is 0 Å². The van der Waals surface area contributed by atoms with Gasteiger partial charge in [-0.2, -0.15) is 15.8 Å². The fourth-order valence-corrected chi connectivity index (χ4v) is 4.42. The number of nitrogens with zero attached hydrogens (tertiary/aromatic N) is 4. The summed E-state index contributed by atoms with van der Waals surface area (Å²) in [5.74, 6) is -2.60. The first kappa shape index (κ1) is 19.3. The molecule has 9 heteroatoms. The molecule has 0 aliphatic carbocycles. The van der Waals surface area contributed by atoms with Crippen molar-refractivity contribution in [3.63, 3.8) is 0 Å². The molecule has 2 aliphatic rings. The lowest BCUT2D eigenvalue weighted by Gasteiger charge is -2.48. The van der Waals surface area contributed by atoms with Crippen LogP contribution < -0.4 is 0 Å². The molecule has 4 atom stereocenters. The largest absolute Gasteiger partial charge is 0.448 e. The summed E-state index contributed by atoms with van der Waals surface area (Å²) in [4.78, 5) is 10.6. The summed E-state index contributed by atoms with van der Waals surface area (Å²) in [6, 6.07) is 11.3. The van der Waals surface area contributed by atoms with E-state index in [2.05, 4.69) is 0 Å².